The van der Waals surface area contributed by atoms with Gasteiger partial charge in [-0.3, -0.25) is 9.59 Å². The molecule has 2 aliphatic rings. The number of benzene rings is 1. The highest BCUT2D eigenvalue weighted by Gasteiger charge is 2.47. The maximum Gasteiger partial charge on any atom is 0.252 e. The quantitative estimate of drug-likeness (QED) is 0.759. The second-order valence-electron chi connectivity index (χ2n) is 7.91. The minimum absolute atomic E-state index is 0.0297. The van der Waals surface area contributed by atoms with Crippen molar-refractivity contribution in [3.63, 3.8) is 0 Å². The van der Waals surface area contributed by atoms with Crippen LogP contribution in [0.2, 0.25) is 0 Å². The van der Waals surface area contributed by atoms with Crippen LogP contribution in [0.4, 0.5) is 11.5 Å². The topological polar surface area (TPSA) is 62.3 Å². The standard InChI is InChI=1S/C22H24ClN3O2/c1-12-5-4-6-19(24-12)25-20-13(2)21(15-7-8-15)26(14(3)27)18-10-9-16(22(23)28)11-17(18)20/h4-6,9-11,13,15,20-21H,7-8H2,1-3H3,(H,24,25)/t13-,20?,21-/m1/s1. The van der Waals surface area contributed by atoms with Gasteiger partial charge in [0.25, 0.3) is 5.24 Å². The largest absolute Gasteiger partial charge is 0.363 e. The van der Waals surface area contributed by atoms with Crippen molar-refractivity contribution in [2.75, 3.05) is 10.2 Å². The van der Waals surface area contributed by atoms with E-state index in [0.717, 1.165) is 35.6 Å². The van der Waals surface area contributed by atoms with Gasteiger partial charge in [0, 0.05) is 35.8 Å². The zero-order chi connectivity index (χ0) is 20.0. The Morgan fingerprint density at radius 2 is 1.96 bits per heavy atom. The van der Waals surface area contributed by atoms with Crippen LogP contribution in [0.1, 0.15) is 54.3 Å². The molecule has 1 saturated carbocycles. The summed E-state index contributed by atoms with van der Waals surface area (Å²) < 4.78 is 0. The Balaban J connectivity index is 1.83. The van der Waals surface area contributed by atoms with Gasteiger partial charge in [-0.2, -0.15) is 0 Å². The van der Waals surface area contributed by atoms with Crippen LogP contribution >= 0.6 is 11.6 Å². The maximum absolute atomic E-state index is 12.6. The molecular weight excluding hydrogens is 374 g/mol. The zero-order valence-electron chi connectivity index (χ0n) is 16.3. The normalized spacial score (nSPS) is 23.9. The summed E-state index contributed by atoms with van der Waals surface area (Å²) in [6.07, 6.45) is 2.28. The van der Waals surface area contributed by atoms with Crippen LogP contribution in [0.25, 0.3) is 0 Å². The fourth-order valence-electron chi connectivity index (χ4n) is 4.47. The summed E-state index contributed by atoms with van der Waals surface area (Å²) in [7, 11) is 0. The lowest BCUT2D eigenvalue weighted by Gasteiger charge is -2.46. The lowest BCUT2D eigenvalue weighted by atomic mass is 9.79. The molecule has 28 heavy (non-hydrogen) atoms. The number of aryl methyl sites for hydroxylation is 1. The van der Waals surface area contributed by atoms with Crippen LogP contribution in [0.3, 0.4) is 0 Å². The van der Waals surface area contributed by atoms with E-state index < -0.39 is 5.24 Å². The molecule has 0 saturated heterocycles. The molecule has 1 fully saturated rings. The van der Waals surface area contributed by atoms with Crippen LogP contribution in [-0.2, 0) is 4.79 Å². The van der Waals surface area contributed by atoms with E-state index in [4.69, 9.17) is 11.6 Å². The monoisotopic (exact) mass is 397 g/mol. The Kier molecular flexibility index (Phi) is 4.88. The van der Waals surface area contributed by atoms with E-state index in [2.05, 4.69) is 17.2 Å². The van der Waals surface area contributed by atoms with Gasteiger partial charge in [0.1, 0.15) is 5.82 Å². The minimum Gasteiger partial charge on any atom is -0.363 e. The average Bonchev–Trinajstić information content (AvgIpc) is 3.47. The van der Waals surface area contributed by atoms with Crippen molar-refractivity contribution < 1.29 is 9.59 Å². The molecule has 0 bridgehead atoms. The number of nitrogens with zero attached hydrogens (tertiary/aromatic N) is 2. The number of halogens is 1. The predicted molar refractivity (Wildman–Crippen MR) is 111 cm³/mol. The Morgan fingerprint density at radius 3 is 2.57 bits per heavy atom. The molecule has 4 rings (SSSR count). The van der Waals surface area contributed by atoms with Crippen LogP contribution in [0.15, 0.2) is 36.4 Å². The predicted octanol–water partition coefficient (Wildman–Crippen LogP) is 4.70. The number of aromatic nitrogens is 1. The summed E-state index contributed by atoms with van der Waals surface area (Å²) in [5.41, 5.74) is 3.14. The van der Waals surface area contributed by atoms with Crippen molar-refractivity contribution in [3.05, 3.63) is 53.2 Å². The molecular formula is C22H24ClN3O2. The van der Waals surface area contributed by atoms with Gasteiger partial charge in [0.15, 0.2) is 0 Å². The summed E-state index contributed by atoms with van der Waals surface area (Å²) >= 11 is 5.75. The van der Waals surface area contributed by atoms with Gasteiger partial charge >= 0.3 is 0 Å². The first kappa shape index (κ1) is 18.9. The summed E-state index contributed by atoms with van der Waals surface area (Å²) in [6, 6.07) is 11.3. The third-order valence-corrected chi connectivity index (χ3v) is 6.07. The molecule has 1 amide bonds. The molecule has 1 N–H and O–H groups in total. The summed E-state index contributed by atoms with van der Waals surface area (Å²) in [5, 5.41) is 3.06. The number of pyridine rings is 1. The second-order valence-corrected chi connectivity index (χ2v) is 8.25. The molecule has 0 radical (unpaired) electrons. The molecule has 1 aromatic carbocycles. The van der Waals surface area contributed by atoms with Crippen LogP contribution in [0, 0.1) is 18.8 Å². The van der Waals surface area contributed by atoms with Gasteiger partial charge in [-0.15, -0.1) is 0 Å². The van der Waals surface area contributed by atoms with Gasteiger partial charge in [0.2, 0.25) is 5.91 Å². The maximum atomic E-state index is 12.6. The summed E-state index contributed by atoms with van der Waals surface area (Å²) in [5.74, 6) is 1.49. The minimum atomic E-state index is -0.499. The van der Waals surface area contributed by atoms with Gasteiger partial charge < -0.3 is 10.2 Å². The molecule has 2 aromatic rings. The number of hydrogen-bond donors (Lipinski definition) is 1. The first-order chi connectivity index (χ1) is 13.4. The molecule has 0 spiro atoms. The Labute approximate surface area is 170 Å². The van der Waals surface area contributed by atoms with Crippen molar-refractivity contribution in [3.8, 4) is 0 Å². The van der Waals surface area contributed by atoms with Crippen molar-refractivity contribution in [2.45, 2.75) is 45.7 Å². The number of carbonyl (C=O) groups is 2. The van der Waals surface area contributed by atoms with Crippen molar-refractivity contribution in [1.82, 2.24) is 4.98 Å². The van der Waals surface area contributed by atoms with E-state index in [0.29, 0.717) is 11.5 Å². The fraction of sp³-hybridized carbons (Fsp3) is 0.409. The highest BCUT2D eigenvalue weighted by Crippen LogP contribution is 2.50. The number of rotatable bonds is 4. The fourth-order valence-corrected chi connectivity index (χ4v) is 4.59. The molecule has 2 heterocycles. The van der Waals surface area contributed by atoms with Gasteiger partial charge in [-0.25, -0.2) is 4.98 Å². The lowest BCUT2D eigenvalue weighted by molar-refractivity contribution is -0.117. The van der Waals surface area contributed by atoms with E-state index >= 15 is 0 Å². The number of amides is 1. The van der Waals surface area contributed by atoms with E-state index in [1.807, 2.05) is 42.2 Å². The molecule has 1 aliphatic carbocycles. The lowest BCUT2D eigenvalue weighted by Crippen LogP contribution is -2.51. The van der Waals surface area contributed by atoms with Gasteiger partial charge in [-0.05, 0) is 73.2 Å². The van der Waals surface area contributed by atoms with Crippen molar-refractivity contribution in [2.24, 2.45) is 11.8 Å². The molecule has 146 valence electrons. The highest BCUT2D eigenvalue weighted by atomic mass is 35.5. The van der Waals surface area contributed by atoms with Crippen molar-refractivity contribution >= 4 is 34.3 Å². The van der Waals surface area contributed by atoms with Crippen molar-refractivity contribution in [1.29, 1.82) is 0 Å². The third kappa shape index (κ3) is 3.39. The molecule has 1 unspecified atom stereocenters. The van der Waals surface area contributed by atoms with E-state index in [-0.39, 0.29) is 23.9 Å². The Hall–Kier alpha value is -2.40. The Morgan fingerprint density at radius 1 is 1.21 bits per heavy atom. The first-order valence-electron chi connectivity index (χ1n) is 9.70. The molecule has 5 nitrogen and oxygen atoms in total. The number of fused-ring (bicyclic) bond motifs is 1. The SMILES string of the molecule is CC(=O)N1c2ccc(C(=O)Cl)cc2C(Nc2cccc(C)n2)[C@@H](C)[C@@H]1C1CC1. The van der Waals surface area contributed by atoms with Crippen LogP contribution in [-0.4, -0.2) is 22.2 Å². The highest BCUT2D eigenvalue weighted by molar-refractivity contribution is 6.67. The molecule has 6 heteroatoms. The summed E-state index contributed by atoms with van der Waals surface area (Å²) in [6.45, 7) is 5.74. The smallest absolute Gasteiger partial charge is 0.252 e. The first-order valence-corrected chi connectivity index (χ1v) is 10.1. The number of anilines is 2. The second kappa shape index (κ2) is 7.21. The number of nitrogens with one attached hydrogen (secondary N) is 1. The van der Waals surface area contributed by atoms with Gasteiger partial charge in [0.05, 0.1) is 6.04 Å². The zero-order valence-corrected chi connectivity index (χ0v) is 17.0. The van der Waals surface area contributed by atoms with Gasteiger partial charge in [-0.1, -0.05) is 13.0 Å². The van der Waals surface area contributed by atoms with Crippen LogP contribution < -0.4 is 10.2 Å². The van der Waals surface area contributed by atoms with E-state index in [1.165, 1.54) is 0 Å². The van der Waals surface area contributed by atoms with E-state index in [9.17, 15) is 9.59 Å². The van der Waals surface area contributed by atoms with Crippen LogP contribution in [0.5, 0.6) is 0 Å². The molecule has 3 atom stereocenters. The number of hydrogen-bond acceptors (Lipinski definition) is 4. The molecule has 1 aromatic heterocycles. The van der Waals surface area contributed by atoms with E-state index in [1.54, 1.807) is 13.0 Å². The number of carbonyl (C=O) groups excluding carboxylic acids is 2. The third-order valence-electron chi connectivity index (χ3n) is 5.85. The average molecular weight is 398 g/mol. The Bertz CT molecular complexity index is 941. The summed E-state index contributed by atoms with van der Waals surface area (Å²) in [4.78, 5) is 30.9. The molecule has 1 aliphatic heterocycles.